The second-order valence-corrected chi connectivity index (χ2v) is 5.64. The average molecular weight is 298 g/mol. The van der Waals surface area contributed by atoms with E-state index in [2.05, 4.69) is 21.9 Å². The summed E-state index contributed by atoms with van der Waals surface area (Å²) in [6.45, 7) is 4.54. The zero-order chi connectivity index (χ0) is 15.2. The SMILES string of the molecule is CC(NCC(C)N1CCCC1)c1ccccc1OC(F)F. The van der Waals surface area contributed by atoms with Gasteiger partial charge in [0.05, 0.1) is 0 Å². The highest BCUT2D eigenvalue weighted by Gasteiger charge is 2.19. The topological polar surface area (TPSA) is 24.5 Å². The smallest absolute Gasteiger partial charge is 0.387 e. The minimum absolute atomic E-state index is 0.0231. The van der Waals surface area contributed by atoms with Crippen LogP contribution in [-0.2, 0) is 0 Å². The van der Waals surface area contributed by atoms with Crippen molar-refractivity contribution < 1.29 is 13.5 Å². The van der Waals surface area contributed by atoms with E-state index in [9.17, 15) is 8.78 Å². The van der Waals surface area contributed by atoms with E-state index in [1.54, 1.807) is 12.1 Å². The molecule has 1 aliphatic rings. The summed E-state index contributed by atoms with van der Waals surface area (Å²) in [4.78, 5) is 2.46. The molecule has 0 saturated carbocycles. The number of alkyl halides is 2. The molecule has 0 radical (unpaired) electrons. The molecule has 1 heterocycles. The van der Waals surface area contributed by atoms with Crippen LogP contribution in [0.15, 0.2) is 24.3 Å². The first-order chi connectivity index (χ1) is 10.1. The van der Waals surface area contributed by atoms with Gasteiger partial charge < -0.3 is 10.1 Å². The Morgan fingerprint density at radius 3 is 2.52 bits per heavy atom. The van der Waals surface area contributed by atoms with Crippen LogP contribution >= 0.6 is 0 Å². The van der Waals surface area contributed by atoms with Gasteiger partial charge in [-0.1, -0.05) is 18.2 Å². The van der Waals surface area contributed by atoms with Crippen LogP contribution in [0.25, 0.3) is 0 Å². The lowest BCUT2D eigenvalue weighted by Crippen LogP contribution is -2.39. The summed E-state index contributed by atoms with van der Waals surface area (Å²) in [7, 11) is 0. The van der Waals surface area contributed by atoms with Crippen LogP contribution in [0.3, 0.4) is 0 Å². The van der Waals surface area contributed by atoms with E-state index in [1.807, 2.05) is 19.1 Å². The molecule has 1 N–H and O–H groups in total. The van der Waals surface area contributed by atoms with E-state index in [0.717, 1.165) is 25.2 Å². The standard InChI is InChI=1S/C16H24F2N2O/c1-12(20-9-5-6-10-20)11-19-13(2)14-7-3-4-8-15(14)21-16(17)18/h3-4,7-8,12-13,16,19H,5-6,9-11H2,1-2H3. The molecule has 1 saturated heterocycles. The van der Waals surface area contributed by atoms with Crippen LogP contribution in [-0.4, -0.2) is 37.2 Å². The number of halogens is 2. The number of ether oxygens (including phenoxy) is 1. The molecule has 0 aliphatic carbocycles. The number of benzene rings is 1. The van der Waals surface area contributed by atoms with Gasteiger partial charge in [0.1, 0.15) is 5.75 Å². The fraction of sp³-hybridized carbons (Fsp3) is 0.625. The largest absolute Gasteiger partial charge is 0.434 e. The molecule has 2 unspecified atom stereocenters. The Labute approximate surface area is 125 Å². The van der Waals surface area contributed by atoms with Gasteiger partial charge in [-0.25, -0.2) is 0 Å². The molecule has 1 aromatic carbocycles. The van der Waals surface area contributed by atoms with Crippen LogP contribution in [0.4, 0.5) is 8.78 Å². The predicted molar refractivity (Wildman–Crippen MR) is 79.8 cm³/mol. The minimum atomic E-state index is -2.79. The number of nitrogens with one attached hydrogen (secondary N) is 1. The maximum absolute atomic E-state index is 12.4. The Balaban J connectivity index is 1.91. The number of likely N-dealkylation sites (tertiary alicyclic amines) is 1. The monoisotopic (exact) mass is 298 g/mol. The second kappa shape index (κ2) is 7.71. The third-order valence-electron chi connectivity index (χ3n) is 4.09. The molecule has 1 fully saturated rings. The highest BCUT2D eigenvalue weighted by molar-refractivity contribution is 5.35. The van der Waals surface area contributed by atoms with Gasteiger partial charge in [-0.2, -0.15) is 8.78 Å². The molecule has 0 aromatic heterocycles. The summed E-state index contributed by atoms with van der Waals surface area (Å²) in [6.07, 6.45) is 2.54. The van der Waals surface area contributed by atoms with Gasteiger partial charge in [-0.05, 0) is 45.8 Å². The molecule has 1 aromatic rings. The van der Waals surface area contributed by atoms with E-state index in [-0.39, 0.29) is 11.8 Å². The molecule has 5 heteroatoms. The molecular formula is C16H24F2N2O. The van der Waals surface area contributed by atoms with Crippen molar-refractivity contribution in [2.24, 2.45) is 0 Å². The lowest BCUT2D eigenvalue weighted by atomic mass is 10.1. The summed E-state index contributed by atoms with van der Waals surface area (Å²) >= 11 is 0. The Bertz CT molecular complexity index is 436. The first-order valence-corrected chi connectivity index (χ1v) is 7.59. The van der Waals surface area contributed by atoms with Gasteiger partial charge in [0.25, 0.3) is 0 Å². The number of nitrogens with zero attached hydrogens (tertiary/aromatic N) is 1. The normalized spacial score (nSPS) is 18.9. The number of rotatable bonds is 7. The Hall–Kier alpha value is -1.20. The van der Waals surface area contributed by atoms with E-state index < -0.39 is 6.61 Å². The van der Waals surface area contributed by atoms with Crippen molar-refractivity contribution >= 4 is 0 Å². The zero-order valence-electron chi connectivity index (χ0n) is 12.7. The van der Waals surface area contributed by atoms with Crippen molar-refractivity contribution in [1.29, 1.82) is 0 Å². The minimum Gasteiger partial charge on any atom is -0.434 e. The number of hydrogen-bond donors (Lipinski definition) is 1. The summed E-state index contributed by atoms with van der Waals surface area (Å²) in [6, 6.07) is 7.40. The third kappa shape index (κ3) is 4.64. The maximum Gasteiger partial charge on any atom is 0.387 e. The van der Waals surface area contributed by atoms with Crippen molar-refractivity contribution in [2.45, 2.75) is 45.4 Å². The van der Waals surface area contributed by atoms with Crippen LogP contribution in [0.2, 0.25) is 0 Å². The van der Waals surface area contributed by atoms with Crippen molar-refractivity contribution in [3.05, 3.63) is 29.8 Å². The molecule has 21 heavy (non-hydrogen) atoms. The molecular weight excluding hydrogens is 274 g/mol. The molecule has 2 atom stereocenters. The van der Waals surface area contributed by atoms with Gasteiger partial charge >= 0.3 is 6.61 Å². The summed E-state index contributed by atoms with van der Waals surface area (Å²) < 4.78 is 29.5. The molecule has 2 rings (SSSR count). The first kappa shape index (κ1) is 16.2. The fourth-order valence-electron chi connectivity index (χ4n) is 2.81. The molecule has 118 valence electrons. The highest BCUT2D eigenvalue weighted by Crippen LogP contribution is 2.26. The second-order valence-electron chi connectivity index (χ2n) is 5.64. The van der Waals surface area contributed by atoms with Gasteiger partial charge in [-0.3, -0.25) is 4.90 Å². The molecule has 1 aliphatic heterocycles. The summed E-state index contributed by atoms with van der Waals surface area (Å²) in [5.41, 5.74) is 0.770. The first-order valence-electron chi connectivity index (χ1n) is 7.59. The van der Waals surface area contributed by atoms with E-state index in [4.69, 9.17) is 0 Å². The third-order valence-corrected chi connectivity index (χ3v) is 4.09. The molecule has 0 bridgehead atoms. The Kier molecular flexibility index (Phi) is 5.94. The number of para-hydroxylation sites is 1. The molecule has 3 nitrogen and oxygen atoms in total. The van der Waals surface area contributed by atoms with E-state index in [0.29, 0.717) is 6.04 Å². The Morgan fingerprint density at radius 1 is 1.19 bits per heavy atom. The lowest BCUT2D eigenvalue weighted by Gasteiger charge is -2.26. The van der Waals surface area contributed by atoms with Gasteiger partial charge in [-0.15, -0.1) is 0 Å². The van der Waals surface area contributed by atoms with Crippen molar-refractivity contribution in [2.75, 3.05) is 19.6 Å². The van der Waals surface area contributed by atoms with E-state index >= 15 is 0 Å². The Morgan fingerprint density at radius 2 is 1.86 bits per heavy atom. The predicted octanol–water partition coefficient (Wildman–Crippen LogP) is 3.42. The van der Waals surface area contributed by atoms with Crippen molar-refractivity contribution in [3.63, 3.8) is 0 Å². The summed E-state index contributed by atoms with van der Waals surface area (Å²) in [5, 5.41) is 3.42. The quantitative estimate of drug-likeness (QED) is 0.835. The van der Waals surface area contributed by atoms with Crippen molar-refractivity contribution in [1.82, 2.24) is 10.2 Å². The average Bonchev–Trinajstić information content (AvgIpc) is 2.98. The van der Waals surface area contributed by atoms with Crippen molar-refractivity contribution in [3.8, 4) is 5.75 Å². The van der Waals surface area contributed by atoms with Crippen LogP contribution in [0.1, 0.15) is 38.3 Å². The molecule has 0 spiro atoms. The number of hydrogen-bond acceptors (Lipinski definition) is 3. The van der Waals surface area contributed by atoms with Crippen LogP contribution < -0.4 is 10.1 Å². The maximum atomic E-state index is 12.4. The highest BCUT2D eigenvalue weighted by atomic mass is 19.3. The van der Waals surface area contributed by atoms with E-state index in [1.165, 1.54) is 12.8 Å². The zero-order valence-corrected chi connectivity index (χ0v) is 12.7. The van der Waals surface area contributed by atoms with Gasteiger partial charge in [0.2, 0.25) is 0 Å². The molecule has 0 amide bonds. The lowest BCUT2D eigenvalue weighted by molar-refractivity contribution is -0.0506. The fourth-order valence-corrected chi connectivity index (χ4v) is 2.81. The van der Waals surface area contributed by atoms with Gasteiger partial charge in [0.15, 0.2) is 0 Å². The van der Waals surface area contributed by atoms with Gasteiger partial charge in [0, 0.05) is 24.2 Å². The van der Waals surface area contributed by atoms with Crippen LogP contribution in [0.5, 0.6) is 5.75 Å². The van der Waals surface area contributed by atoms with Crippen LogP contribution in [0, 0.1) is 0 Å². The summed E-state index contributed by atoms with van der Waals surface area (Å²) in [5.74, 6) is 0.251.